The van der Waals surface area contributed by atoms with Gasteiger partial charge in [0.05, 0.1) is 18.1 Å². The lowest BCUT2D eigenvalue weighted by Crippen LogP contribution is -2.38. The standard InChI is InChI=1S/C12H17N3O4/c13-12-10(15(16)17)2-1-3-11(12)19-9-6-14-4-7-18-8-5-14/h1-3H,4-9,13H2. The fraction of sp³-hybridized carbons (Fsp3) is 0.500. The normalized spacial score (nSPS) is 16.2. The van der Waals surface area contributed by atoms with Gasteiger partial charge in [-0.15, -0.1) is 0 Å². The van der Waals surface area contributed by atoms with Crippen molar-refractivity contribution in [3.05, 3.63) is 28.3 Å². The van der Waals surface area contributed by atoms with Crippen LogP contribution in [0, 0.1) is 10.1 Å². The second-order valence-corrected chi connectivity index (χ2v) is 4.25. The molecule has 7 nitrogen and oxygen atoms in total. The molecule has 1 saturated heterocycles. The third-order valence-corrected chi connectivity index (χ3v) is 3.01. The topological polar surface area (TPSA) is 90.9 Å². The number of benzene rings is 1. The number of nitro groups is 1. The molecule has 0 atom stereocenters. The summed E-state index contributed by atoms with van der Waals surface area (Å²) in [6, 6.07) is 4.57. The molecule has 0 aliphatic carbocycles. The van der Waals surface area contributed by atoms with Gasteiger partial charge in [-0.05, 0) is 6.07 Å². The number of nitrogens with two attached hydrogens (primary N) is 1. The zero-order valence-electron chi connectivity index (χ0n) is 10.6. The first-order valence-corrected chi connectivity index (χ1v) is 6.14. The molecule has 1 aromatic rings. The van der Waals surface area contributed by atoms with Gasteiger partial charge in [0.15, 0.2) is 5.69 Å². The minimum absolute atomic E-state index is 0.0782. The molecule has 0 bridgehead atoms. The average Bonchev–Trinajstić information content (AvgIpc) is 2.41. The molecule has 1 aromatic carbocycles. The van der Waals surface area contributed by atoms with Crippen molar-refractivity contribution >= 4 is 11.4 Å². The zero-order chi connectivity index (χ0) is 13.7. The SMILES string of the molecule is Nc1c(OCCN2CCOCC2)cccc1[N+](=O)[O-]. The molecule has 1 aliphatic rings. The van der Waals surface area contributed by atoms with Crippen LogP contribution in [0.3, 0.4) is 0 Å². The molecular weight excluding hydrogens is 250 g/mol. The summed E-state index contributed by atoms with van der Waals surface area (Å²) in [6.45, 7) is 4.44. The summed E-state index contributed by atoms with van der Waals surface area (Å²) < 4.78 is 10.8. The molecule has 2 rings (SSSR count). The maximum Gasteiger partial charge on any atom is 0.295 e. The predicted octanol–water partition coefficient (Wildman–Crippen LogP) is 0.888. The van der Waals surface area contributed by atoms with Gasteiger partial charge in [-0.3, -0.25) is 15.0 Å². The van der Waals surface area contributed by atoms with E-state index in [1.54, 1.807) is 12.1 Å². The van der Waals surface area contributed by atoms with Crippen LogP contribution in [-0.4, -0.2) is 49.3 Å². The van der Waals surface area contributed by atoms with E-state index < -0.39 is 4.92 Å². The molecule has 0 aromatic heterocycles. The Hall–Kier alpha value is -1.86. The highest BCUT2D eigenvalue weighted by atomic mass is 16.6. The van der Waals surface area contributed by atoms with E-state index in [1.165, 1.54) is 6.07 Å². The summed E-state index contributed by atoms with van der Waals surface area (Å²) in [5.74, 6) is 0.363. The smallest absolute Gasteiger partial charge is 0.295 e. The van der Waals surface area contributed by atoms with Crippen molar-refractivity contribution in [2.45, 2.75) is 0 Å². The Morgan fingerprint density at radius 1 is 1.42 bits per heavy atom. The van der Waals surface area contributed by atoms with Gasteiger partial charge in [0.1, 0.15) is 12.4 Å². The molecule has 104 valence electrons. The lowest BCUT2D eigenvalue weighted by Gasteiger charge is -2.26. The van der Waals surface area contributed by atoms with Gasteiger partial charge < -0.3 is 15.2 Å². The van der Waals surface area contributed by atoms with Crippen LogP contribution in [0.5, 0.6) is 5.75 Å². The first-order valence-electron chi connectivity index (χ1n) is 6.14. The van der Waals surface area contributed by atoms with Crippen LogP contribution in [-0.2, 0) is 4.74 Å². The fourth-order valence-electron chi connectivity index (χ4n) is 1.93. The predicted molar refractivity (Wildman–Crippen MR) is 70.3 cm³/mol. The minimum atomic E-state index is -0.510. The van der Waals surface area contributed by atoms with Crippen LogP contribution < -0.4 is 10.5 Å². The van der Waals surface area contributed by atoms with Gasteiger partial charge in [-0.2, -0.15) is 0 Å². The lowest BCUT2D eigenvalue weighted by atomic mass is 10.2. The van der Waals surface area contributed by atoms with E-state index in [9.17, 15) is 10.1 Å². The number of nitro benzene ring substituents is 1. The average molecular weight is 267 g/mol. The van der Waals surface area contributed by atoms with Crippen LogP contribution >= 0.6 is 0 Å². The number of para-hydroxylation sites is 1. The van der Waals surface area contributed by atoms with Crippen LogP contribution in [0.4, 0.5) is 11.4 Å². The molecule has 0 amide bonds. The van der Waals surface area contributed by atoms with Gasteiger partial charge in [-0.1, -0.05) is 6.07 Å². The second kappa shape index (κ2) is 6.35. The van der Waals surface area contributed by atoms with Crippen molar-refractivity contribution in [1.29, 1.82) is 0 Å². The molecule has 7 heteroatoms. The highest BCUT2D eigenvalue weighted by Crippen LogP contribution is 2.30. The Balaban J connectivity index is 1.88. The lowest BCUT2D eigenvalue weighted by molar-refractivity contribution is -0.384. The van der Waals surface area contributed by atoms with Crippen LogP contribution in [0.1, 0.15) is 0 Å². The number of rotatable bonds is 5. The highest BCUT2D eigenvalue weighted by molar-refractivity contribution is 5.66. The summed E-state index contributed by atoms with van der Waals surface area (Å²) in [6.07, 6.45) is 0. The third-order valence-electron chi connectivity index (χ3n) is 3.01. The Morgan fingerprint density at radius 2 is 2.16 bits per heavy atom. The third kappa shape index (κ3) is 3.55. The summed E-state index contributed by atoms with van der Waals surface area (Å²) in [5.41, 5.74) is 5.66. The van der Waals surface area contributed by atoms with Crippen molar-refractivity contribution in [3.63, 3.8) is 0 Å². The molecule has 0 unspecified atom stereocenters. The van der Waals surface area contributed by atoms with E-state index in [1.807, 2.05) is 0 Å². The van der Waals surface area contributed by atoms with Crippen molar-refractivity contribution in [1.82, 2.24) is 4.90 Å². The zero-order valence-corrected chi connectivity index (χ0v) is 10.6. The second-order valence-electron chi connectivity index (χ2n) is 4.25. The maximum absolute atomic E-state index is 10.7. The summed E-state index contributed by atoms with van der Waals surface area (Å²) in [7, 11) is 0. The fourth-order valence-corrected chi connectivity index (χ4v) is 1.93. The van der Waals surface area contributed by atoms with E-state index in [0.29, 0.717) is 12.4 Å². The molecule has 1 fully saturated rings. The summed E-state index contributed by atoms with van der Waals surface area (Å²) in [4.78, 5) is 12.5. The molecule has 2 N–H and O–H groups in total. The van der Waals surface area contributed by atoms with Gasteiger partial charge in [-0.25, -0.2) is 0 Å². The van der Waals surface area contributed by atoms with E-state index in [2.05, 4.69) is 4.90 Å². The quantitative estimate of drug-likeness (QED) is 0.484. The first kappa shape index (κ1) is 13.6. The van der Waals surface area contributed by atoms with Crippen LogP contribution in [0.15, 0.2) is 18.2 Å². The first-order chi connectivity index (χ1) is 9.18. The number of nitrogens with zero attached hydrogens (tertiary/aromatic N) is 2. The number of hydrogen-bond acceptors (Lipinski definition) is 6. The monoisotopic (exact) mass is 267 g/mol. The molecule has 0 radical (unpaired) electrons. The Morgan fingerprint density at radius 3 is 2.84 bits per heavy atom. The van der Waals surface area contributed by atoms with Gasteiger partial charge in [0.2, 0.25) is 0 Å². The molecule has 1 aliphatic heterocycles. The molecular formula is C12H17N3O4. The summed E-state index contributed by atoms with van der Waals surface area (Å²) >= 11 is 0. The van der Waals surface area contributed by atoms with Gasteiger partial charge in [0.25, 0.3) is 5.69 Å². The van der Waals surface area contributed by atoms with Crippen LogP contribution in [0.2, 0.25) is 0 Å². The van der Waals surface area contributed by atoms with Crippen molar-refractivity contribution in [2.75, 3.05) is 45.2 Å². The molecule has 0 saturated carbocycles. The van der Waals surface area contributed by atoms with E-state index >= 15 is 0 Å². The van der Waals surface area contributed by atoms with E-state index in [0.717, 1.165) is 32.8 Å². The van der Waals surface area contributed by atoms with E-state index in [-0.39, 0.29) is 11.4 Å². The highest BCUT2D eigenvalue weighted by Gasteiger charge is 2.16. The van der Waals surface area contributed by atoms with Crippen molar-refractivity contribution in [3.8, 4) is 5.75 Å². The Labute approximate surface area is 111 Å². The number of morpholine rings is 1. The number of hydrogen-bond donors (Lipinski definition) is 1. The van der Waals surface area contributed by atoms with Gasteiger partial charge >= 0.3 is 0 Å². The van der Waals surface area contributed by atoms with Crippen LogP contribution in [0.25, 0.3) is 0 Å². The van der Waals surface area contributed by atoms with Gasteiger partial charge in [0, 0.05) is 25.7 Å². The molecule has 19 heavy (non-hydrogen) atoms. The van der Waals surface area contributed by atoms with Crippen molar-refractivity contribution < 1.29 is 14.4 Å². The van der Waals surface area contributed by atoms with Crippen molar-refractivity contribution in [2.24, 2.45) is 0 Å². The summed E-state index contributed by atoms with van der Waals surface area (Å²) in [5, 5.41) is 10.7. The molecule has 0 spiro atoms. The number of nitrogen functional groups attached to an aromatic ring is 1. The Kier molecular flexibility index (Phi) is 4.53. The minimum Gasteiger partial charge on any atom is -0.490 e. The number of ether oxygens (including phenoxy) is 2. The number of anilines is 1. The maximum atomic E-state index is 10.7. The van der Waals surface area contributed by atoms with E-state index in [4.69, 9.17) is 15.2 Å². The molecule has 1 heterocycles. The largest absolute Gasteiger partial charge is 0.490 e. The Bertz CT molecular complexity index is 447.